The SMILES string of the molecule is CCCCCCNC(N)=NCc1ccccc1CN1CCC(O)C1. The van der Waals surface area contributed by atoms with Gasteiger partial charge in [-0.1, -0.05) is 50.5 Å². The molecular formula is C19H32N4O. The number of rotatable bonds is 9. The monoisotopic (exact) mass is 332 g/mol. The van der Waals surface area contributed by atoms with Gasteiger partial charge in [0, 0.05) is 26.2 Å². The minimum atomic E-state index is -0.178. The maximum Gasteiger partial charge on any atom is 0.188 e. The molecule has 2 rings (SSSR count). The van der Waals surface area contributed by atoms with E-state index in [1.165, 1.54) is 30.4 Å². The van der Waals surface area contributed by atoms with Crippen LogP contribution in [0.5, 0.6) is 0 Å². The zero-order valence-corrected chi connectivity index (χ0v) is 14.9. The molecule has 1 aliphatic rings. The lowest BCUT2D eigenvalue weighted by molar-refractivity contribution is 0.174. The molecule has 1 aromatic rings. The standard InChI is InChI=1S/C19H32N4O/c1-2-3-4-7-11-21-19(20)22-13-16-8-5-6-9-17(16)14-23-12-10-18(24)15-23/h5-6,8-9,18,24H,2-4,7,10-15H2,1H3,(H3,20,21,22). The number of benzene rings is 1. The van der Waals surface area contributed by atoms with Crippen molar-refractivity contribution in [3.63, 3.8) is 0 Å². The van der Waals surface area contributed by atoms with Crippen molar-refractivity contribution in [2.45, 2.75) is 58.2 Å². The average Bonchev–Trinajstić information content (AvgIpc) is 2.99. The Labute approximate surface area is 146 Å². The summed E-state index contributed by atoms with van der Waals surface area (Å²) < 4.78 is 0. The van der Waals surface area contributed by atoms with Crippen LogP contribution in [0.15, 0.2) is 29.3 Å². The van der Waals surface area contributed by atoms with Gasteiger partial charge in [-0.3, -0.25) is 4.90 Å². The van der Waals surface area contributed by atoms with Gasteiger partial charge in [0.2, 0.25) is 0 Å². The van der Waals surface area contributed by atoms with Gasteiger partial charge < -0.3 is 16.2 Å². The molecule has 4 N–H and O–H groups in total. The van der Waals surface area contributed by atoms with E-state index in [-0.39, 0.29) is 6.10 Å². The Morgan fingerprint density at radius 3 is 2.79 bits per heavy atom. The van der Waals surface area contributed by atoms with Gasteiger partial charge in [-0.05, 0) is 24.0 Å². The molecule has 134 valence electrons. The highest BCUT2D eigenvalue weighted by Crippen LogP contribution is 2.17. The fraction of sp³-hybridized carbons (Fsp3) is 0.632. The summed E-state index contributed by atoms with van der Waals surface area (Å²) in [4.78, 5) is 6.77. The maximum atomic E-state index is 9.67. The maximum absolute atomic E-state index is 9.67. The molecule has 1 aromatic carbocycles. The number of nitrogens with two attached hydrogens (primary N) is 1. The second-order valence-electron chi connectivity index (χ2n) is 6.64. The van der Waals surface area contributed by atoms with Gasteiger partial charge in [0.25, 0.3) is 0 Å². The van der Waals surface area contributed by atoms with Gasteiger partial charge in [0.15, 0.2) is 5.96 Å². The Morgan fingerprint density at radius 2 is 2.08 bits per heavy atom. The van der Waals surface area contributed by atoms with Crippen molar-refractivity contribution in [1.82, 2.24) is 10.2 Å². The van der Waals surface area contributed by atoms with Gasteiger partial charge in [-0.25, -0.2) is 4.99 Å². The normalized spacial score (nSPS) is 18.9. The largest absolute Gasteiger partial charge is 0.392 e. The van der Waals surface area contributed by atoms with E-state index in [9.17, 15) is 5.11 Å². The van der Waals surface area contributed by atoms with Crippen LogP contribution in [0.25, 0.3) is 0 Å². The molecule has 0 radical (unpaired) electrons. The Morgan fingerprint density at radius 1 is 1.29 bits per heavy atom. The van der Waals surface area contributed by atoms with E-state index in [4.69, 9.17) is 5.73 Å². The minimum absolute atomic E-state index is 0.178. The number of nitrogens with zero attached hydrogens (tertiary/aromatic N) is 2. The first kappa shape index (κ1) is 18.7. The van der Waals surface area contributed by atoms with E-state index >= 15 is 0 Å². The molecule has 0 amide bonds. The Hall–Kier alpha value is -1.59. The molecule has 0 spiro atoms. The van der Waals surface area contributed by atoms with Crippen molar-refractivity contribution in [3.8, 4) is 0 Å². The average molecular weight is 332 g/mol. The van der Waals surface area contributed by atoms with Crippen LogP contribution in [0.3, 0.4) is 0 Å². The number of aliphatic hydroxyl groups is 1. The highest BCUT2D eigenvalue weighted by Gasteiger charge is 2.20. The third-order valence-corrected chi connectivity index (χ3v) is 4.52. The lowest BCUT2D eigenvalue weighted by Gasteiger charge is -2.17. The number of guanidine groups is 1. The molecule has 0 saturated carbocycles. The molecule has 1 fully saturated rings. The van der Waals surface area contributed by atoms with Gasteiger partial charge in [0.05, 0.1) is 12.6 Å². The number of aliphatic hydroxyl groups excluding tert-OH is 1. The molecule has 1 unspecified atom stereocenters. The minimum Gasteiger partial charge on any atom is -0.392 e. The fourth-order valence-corrected chi connectivity index (χ4v) is 3.06. The molecule has 1 saturated heterocycles. The van der Waals surface area contributed by atoms with Crippen molar-refractivity contribution >= 4 is 5.96 Å². The molecule has 1 aliphatic heterocycles. The topological polar surface area (TPSA) is 73.9 Å². The summed E-state index contributed by atoms with van der Waals surface area (Å²) in [5.74, 6) is 0.526. The first-order valence-electron chi connectivity index (χ1n) is 9.20. The van der Waals surface area contributed by atoms with Crippen LogP contribution in [-0.2, 0) is 13.1 Å². The number of aliphatic imine (C=N–C) groups is 1. The Kier molecular flexibility index (Phi) is 8.05. The fourth-order valence-electron chi connectivity index (χ4n) is 3.06. The summed E-state index contributed by atoms with van der Waals surface area (Å²) in [6.45, 7) is 6.29. The van der Waals surface area contributed by atoms with Crippen LogP contribution in [0.4, 0.5) is 0 Å². The van der Waals surface area contributed by atoms with Crippen molar-refractivity contribution in [1.29, 1.82) is 0 Å². The Bertz CT molecular complexity index is 518. The zero-order chi connectivity index (χ0) is 17.2. The Balaban J connectivity index is 1.82. The highest BCUT2D eigenvalue weighted by atomic mass is 16.3. The third-order valence-electron chi connectivity index (χ3n) is 4.52. The van der Waals surface area contributed by atoms with Gasteiger partial charge >= 0.3 is 0 Å². The first-order chi connectivity index (χ1) is 11.7. The van der Waals surface area contributed by atoms with Gasteiger partial charge in [-0.2, -0.15) is 0 Å². The second-order valence-corrected chi connectivity index (χ2v) is 6.64. The van der Waals surface area contributed by atoms with Crippen LogP contribution in [0.2, 0.25) is 0 Å². The summed E-state index contributed by atoms with van der Waals surface area (Å²) in [6.07, 6.45) is 5.59. The van der Waals surface area contributed by atoms with E-state index in [0.717, 1.165) is 39.0 Å². The summed E-state index contributed by atoms with van der Waals surface area (Å²) in [7, 11) is 0. The highest BCUT2D eigenvalue weighted by molar-refractivity contribution is 5.77. The van der Waals surface area contributed by atoms with Crippen LogP contribution in [0, 0.1) is 0 Å². The molecule has 1 heterocycles. The van der Waals surface area contributed by atoms with Crippen molar-refractivity contribution in [3.05, 3.63) is 35.4 Å². The van der Waals surface area contributed by atoms with Crippen LogP contribution < -0.4 is 11.1 Å². The van der Waals surface area contributed by atoms with Crippen LogP contribution >= 0.6 is 0 Å². The molecule has 0 aromatic heterocycles. The molecular weight excluding hydrogens is 300 g/mol. The summed E-state index contributed by atoms with van der Waals surface area (Å²) in [6, 6.07) is 8.36. The first-order valence-corrected chi connectivity index (χ1v) is 9.20. The van der Waals surface area contributed by atoms with Crippen LogP contribution in [0.1, 0.15) is 50.2 Å². The van der Waals surface area contributed by atoms with Crippen molar-refractivity contribution in [2.24, 2.45) is 10.7 Å². The predicted octanol–water partition coefficient (Wildman–Crippen LogP) is 2.24. The number of hydrogen-bond donors (Lipinski definition) is 3. The summed E-state index contributed by atoms with van der Waals surface area (Å²) >= 11 is 0. The van der Waals surface area contributed by atoms with Gasteiger partial charge in [0.1, 0.15) is 0 Å². The van der Waals surface area contributed by atoms with Gasteiger partial charge in [-0.15, -0.1) is 0 Å². The number of β-amino-alcohol motifs (C(OH)–C–C–N with tert-alkyl or cyclic N) is 1. The van der Waals surface area contributed by atoms with E-state index in [0.29, 0.717) is 12.5 Å². The number of unbranched alkanes of at least 4 members (excludes halogenated alkanes) is 3. The molecule has 5 nitrogen and oxygen atoms in total. The van der Waals surface area contributed by atoms with Crippen LogP contribution in [-0.4, -0.2) is 41.7 Å². The zero-order valence-electron chi connectivity index (χ0n) is 14.9. The summed E-state index contributed by atoms with van der Waals surface area (Å²) in [5.41, 5.74) is 8.44. The number of hydrogen-bond acceptors (Lipinski definition) is 3. The number of likely N-dealkylation sites (tertiary alicyclic amines) is 1. The molecule has 1 atom stereocenters. The molecule has 0 aliphatic carbocycles. The number of nitrogens with one attached hydrogen (secondary N) is 1. The third kappa shape index (κ3) is 6.49. The smallest absolute Gasteiger partial charge is 0.188 e. The molecule has 24 heavy (non-hydrogen) atoms. The summed E-state index contributed by atoms with van der Waals surface area (Å²) in [5, 5.41) is 12.9. The van der Waals surface area contributed by atoms with Crippen molar-refractivity contribution in [2.75, 3.05) is 19.6 Å². The van der Waals surface area contributed by atoms with E-state index in [1.807, 2.05) is 6.07 Å². The lowest BCUT2D eigenvalue weighted by atomic mass is 10.1. The van der Waals surface area contributed by atoms with E-state index < -0.39 is 0 Å². The lowest BCUT2D eigenvalue weighted by Crippen LogP contribution is -2.32. The van der Waals surface area contributed by atoms with E-state index in [1.54, 1.807) is 0 Å². The predicted molar refractivity (Wildman–Crippen MR) is 99.8 cm³/mol. The molecule has 0 bridgehead atoms. The quantitative estimate of drug-likeness (QED) is 0.368. The second kappa shape index (κ2) is 10.3. The van der Waals surface area contributed by atoms with Crippen molar-refractivity contribution < 1.29 is 5.11 Å². The van der Waals surface area contributed by atoms with E-state index in [2.05, 4.69) is 40.3 Å². The molecule has 5 heteroatoms.